The molecule has 0 saturated carbocycles. The Labute approximate surface area is 113 Å². The lowest BCUT2D eigenvalue weighted by Crippen LogP contribution is -2.23. The van der Waals surface area contributed by atoms with Gasteiger partial charge in [0.05, 0.1) is 5.69 Å². The molecule has 0 aliphatic heterocycles. The number of aromatic nitrogens is 2. The highest BCUT2D eigenvalue weighted by atomic mass is 16.1. The van der Waals surface area contributed by atoms with Crippen LogP contribution in [0.15, 0.2) is 30.3 Å². The van der Waals surface area contributed by atoms with Gasteiger partial charge in [-0.3, -0.25) is 9.89 Å². The summed E-state index contributed by atoms with van der Waals surface area (Å²) in [5.74, 6) is 0.0730. The third-order valence-corrected chi connectivity index (χ3v) is 3.23. The summed E-state index contributed by atoms with van der Waals surface area (Å²) in [5.41, 5.74) is 4.23. The zero-order valence-electron chi connectivity index (χ0n) is 11.4. The van der Waals surface area contributed by atoms with E-state index in [-0.39, 0.29) is 5.91 Å². The van der Waals surface area contributed by atoms with Crippen molar-refractivity contribution < 1.29 is 4.79 Å². The van der Waals surface area contributed by atoms with Gasteiger partial charge in [-0.15, -0.1) is 0 Å². The van der Waals surface area contributed by atoms with Crippen LogP contribution < -0.4 is 5.32 Å². The summed E-state index contributed by atoms with van der Waals surface area (Å²) >= 11 is 0. The molecule has 0 bridgehead atoms. The van der Waals surface area contributed by atoms with E-state index in [1.807, 2.05) is 44.2 Å². The van der Waals surface area contributed by atoms with E-state index in [1.165, 1.54) is 5.56 Å². The van der Waals surface area contributed by atoms with Gasteiger partial charge in [-0.2, -0.15) is 5.10 Å². The summed E-state index contributed by atoms with van der Waals surface area (Å²) < 4.78 is 0. The predicted octanol–water partition coefficient (Wildman–Crippen LogP) is 2.28. The predicted molar refractivity (Wildman–Crippen MR) is 74.7 cm³/mol. The molecule has 100 valence electrons. The summed E-state index contributed by atoms with van der Waals surface area (Å²) in [6, 6.07) is 10.0. The standard InChI is InChI=1S/C15H19N3O/c1-11-14(12(2)18-17-11)10-16-15(19)9-8-13-6-4-3-5-7-13/h3-7H,8-10H2,1-2H3,(H,16,19)(H,17,18). The van der Waals surface area contributed by atoms with E-state index >= 15 is 0 Å². The van der Waals surface area contributed by atoms with Crippen molar-refractivity contribution in [3.63, 3.8) is 0 Å². The number of aromatic amines is 1. The largest absolute Gasteiger partial charge is 0.352 e. The van der Waals surface area contributed by atoms with Gasteiger partial charge in [0, 0.05) is 24.2 Å². The zero-order valence-corrected chi connectivity index (χ0v) is 11.4. The van der Waals surface area contributed by atoms with Crippen molar-refractivity contribution in [1.82, 2.24) is 15.5 Å². The molecule has 4 heteroatoms. The van der Waals surface area contributed by atoms with E-state index in [1.54, 1.807) is 0 Å². The van der Waals surface area contributed by atoms with E-state index in [0.29, 0.717) is 13.0 Å². The monoisotopic (exact) mass is 257 g/mol. The molecule has 4 nitrogen and oxygen atoms in total. The van der Waals surface area contributed by atoms with Gasteiger partial charge >= 0.3 is 0 Å². The molecule has 0 radical (unpaired) electrons. The van der Waals surface area contributed by atoms with Crippen LogP contribution in [-0.2, 0) is 17.8 Å². The van der Waals surface area contributed by atoms with Crippen molar-refractivity contribution in [2.24, 2.45) is 0 Å². The van der Waals surface area contributed by atoms with Crippen LogP contribution in [0.2, 0.25) is 0 Å². The van der Waals surface area contributed by atoms with Gasteiger partial charge in [-0.05, 0) is 25.8 Å². The molecule has 2 rings (SSSR count). The van der Waals surface area contributed by atoms with Gasteiger partial charge in [0.15, 0.2) is 0 Å². The first kappa shape index (κ1) is 13.3. The molecule has 0 atom stereocenters. The molecule has 2 N–H and O–H groups in total. The summed E-state index contributed by atoms with van der Waals surface area (Å²) in [6.07, 6.45) is 1.29. The minimum absolute atomic E-state index is 0.0730. The smallest absolute Gasteiger partial charge is 0.220 e. The van der Waals surface area contributed by atoms with Gasteiger partial charge in [0.1, 0.15) is 0 Å². The van der Waals surface area contributed by atoms with E-state index < -0.39 is 0 Å². The molecule has 1 heterocycles. The Kier molecular flexibility index (Phi) is 4.34. The third kappa shape index (κ3) is 3.68. The van der Waals surface area contributed by atoms with Gasteiger partial charge in [-0.25, -0.2) is 0 Å². The van der Waals surface area contributed by atoms with E-state index in [4.69, 9.17) is 0 Å². The molecular weight excluding hydrogens is 238 g/mol. The number of aryl methyl sites for hydroxylation is 3. The van der Waals surface area contributed by atoms with Crippen LogP contribution >= 0.6 is 0 Å². The first-order chi connectivity index (χ1) is 9.16. The second kappa shape index (κ2) is 6.18. The van der Waals surface area contributed by atoms with Crippen molar-refractivity contribution in [2.45, 2.75) is 33.2 Å². The highest BCUT2D eigenvalue weighted by Gasteiger charge is 2.08. The Hall–Kier alpha value is -2.10. The Balaban J connectivity index is 1.79. The summed E-state index contributed by atoms with van der Waals surface area (Å²) in [7, 11) is 0. The molecule has 1 aromatic heterocycles. The van der Waals surface area contributed by atoms with Crippen LogP contribution in [0.1, 0.15) is 28.9 Å². The molecule has 0 spiro atoms. The molecule has 1 amide bonds. The molecule has 0 aliphatic rings. The van der Waals surface area contributed by atoms with Crippen LogP contribution in [0.3, 0.4) is 0 Å². The first-order valence-electron chi connectivity index (χ1n) is 6.48. The van der Waals surface area contributed by atoms with Crippen LogP contribution in [0.4, 0.5) is 0 Å². The number of hydrogen-bond acceptors (Lipinski definition) is 2. The van der Waals surface area contributed by atoms with Crippen molar-refractivity contribution in [2.75, 3.05) is 0 Å². The summed E-state index contributed by atoms with van der Waals surface area (Å²) in [5, 5.41) is 9.97. The maximum atomic E-state index is 11.8. The number of carbonyl (C=O) groups excluding carboxylic acids is 1. The fourth-order valence-electron chi connectivity index (χ4n) is 2.01. The quantitative estimate of drug-likeness (QED) is 0.863. The minimum atomic E-state index is 0.0730. The molecule has 0 fully saturated rings. The second-order valence-electron chi connectivity index (χ2n) is 4.67. The Morgan fingerprint density at radius 1 is 1.26 bits per heavy atom. The number of nitrogens with one attached hydrogen (secondary N) is 2. The lowest BCUT2D eigenvalue weighted by molar-refractivity contribution is -0.121. The number of carbonyl (C=O) groups is 1. The van der Waals surface area contributed by atoms with Crippen molar-refractivity contribution in [3.05, 3.63) is 52.8 Å². The highest BCUT2D eigenvalue weighted by molar-refractivity contribution is 5.76. The average Bonchev–Trinajstić information content (AvgIpc) is 2.75. The van der Waals surface area contributed by atoms with Crippen LogP contribution in [0.25, 0.3) is 0 Å². The van der Waals surface area contributed by atoms with E-state index in [9.17, 15) is 4.79 Å². The molecule has 0 unspecified atom stereocenters. The lowest BCUT2D eigenvalue weighted by atomic mass is 10.1. The van der Waals surface area contributed by atoms with Crippen molar-refractivity contribution in [1.29, 1.82) is 0 Å². The summed E-state index contributed by atoms with van der Waals surface area (Å²) in [4.78, 5) is 11.8. The maximum Gasteiger partial charge on any atom is 0.220 e. The molecule has 19 heavy (non-hydrogen) atoms. The third-order valence-electron chi connectivity index (χ3n) is 3.23. The minimum Gasteiger partial charge on any atom is -0.352 e. The average molecular weight is 257 g/mol. The van der Waals surface area contributed by atoms with Gasteiger partial charge in [0.25, 0.3) is 0 Å². The van der Waals surface area contributed by atoms with Crippen LogP contribution in [0.5, 0.6) is 0 Å². The van der Waals surface area contributed by atoms with E-state index in [2.05, 4.69) is 15.5 Å². The number of H-pyrrole nitrogens is 1. The number of rotatable bonds is 5. The van der Waals surface area contributed by atoms with Gasteiger partial charge in [-0.1, -0.05) is 30.3 Å². The molecule has 0 saturated heterocycles. The number of amides is 1. The molecule has 0 aliphatic carbocycles. The number of hydrogen-bond donors (Lipinski definition) is 2. The Bertz CT molecular complexity index is 526. The fourth-order valence-corrected chi connectivity index (χ4v) is 2.01. The first-order valence-corrected chi connectivity index (χ1v) is 6.48. The highest BCUT2D eigenvalue weighted by Crippen LogP contribution is 2.08. The topological polar surface area (TPSA) is 57.8 Å². The van der Waals surface area contributed by atoms with Crippen LogP contribution in [0, 0.1) is 13.8 Å². The van der Waals surface area contributed by atoms with Crippen molar-refractivity contribution in [3.8, 4) is 0 Å². The lowest BCUT2D eigenvalue weighted by Gasteiger charge is -2.05. The molecule has 1 aromatic carbocycles. The van der Waals surface area contributed by atoms with Gasteiger partial charge in [0.2, 0.25) is 5.91 Å². The fraction of sp³-hybridized carbons (Fsp3) is 0.333. The number of nitrogens with zero attached hydrogens (tertiary/aromatic N) is 1. The second-order valence-corrected chi connectivity index (χ2v) is 4.67. The Morgan fingerprint density at radius 3 is 2.63 bits per heavy atom. The number of benzene rings is 1. The van der Waals surface area contributed by atoms with Crippen molar-refractivity contribution >= 4 is 5.91 Å². The molecular formula is C15H19N3O. The normalized spacial score (nSPS) is 10.4. The maximum absolute atomic E-state index is 11.8. The van der Waals surface area contributed by atoms with Crippen LogP contribution in [-0.4, -0.2) is 16.1 Å². The van der Waals surface area contributed by atoms with Gasteiger partial charge < -0.3 is 5.32 Å². The Morgan fingerprint density at radius 2 is 2.00 bits per heavy atom. The van der Waals surface area contributed by atoms with E-state index in [0.717, 1.165) is 23.4 Å². The zero-order chi connectivity index (χ0) is 13.7. The SMILES string of the molecule is Cc1n[nH]c(C)c1CNC(=O)CCc1ccccc1. The summed E-state index contributed by atoms with van der Waals surface area (Å²) in [6.45, 7) is 4.45. The molecule has 2 aromatic rings.